The Morgan fingerprint density at radius 3 is 2.29 bits per heavy atom. The summed E-state index contributed by atoms with van der Waals surface area (Å²) in [4.78, 5) is 12.8. The van der Waals surface area contributed by atoms with Crippen molar-refractivity contribution in [2.45, 2.75) is 16.3 Å². The minimum Gasteiger partial charge on any atom is -0.268 e. The van der Waals surface area contributed by atoms with Crippen LogP contribution >= 0.6 is 11.3 Å². The van der Waals surface area contributed by atoms with Gasteiger partial charge in [0.15, 0.2) is 9.84 Å². The van der Waals surface area contributed by atoms with Gasteiger partial charge in [0.05, 0.1) is 21.2 Å². The molecule has 11 heteroatoms. The molecule has 0 saturated carbocycles. The van der Waals surface area contributed by atoms with Gasteiger partial charge in [0.25, 0.3) is 5.56 Å². The average molecular weight is 440 g/mol. The van der Waals surface area contributed by atoms with E-state index in [1.165, 1.54) is 46.4 Å². The Balaban J connectivity index is 1.70. The molecule has 0 radical (unpaired) electrons. The quantitative estimate of drug-likeness (QED) is 0.594. The Kier molecular flexibility index (Phi) is 5.79. The summed E-state index contributed by atoms with van der Waals surface area (Å²) in [6, 6.07) is 11.7. The van der Waals surface area contributed by atoms with Crippen LogP contribution in [0.2, 0.25) is 0 Å². The van der Waals surface area contributed by atoms with Gasteiger partial charge in [-0.15, -0.1) is 11.3 Å². The number of thiophene rings is 1. The standard InChI is InChI=1S/C17H17N3O5S3/c1-27(22,23)13-4-6-14(7-5-13)28(24,25)18-10-11-20-17(21)9-8-15(19-20)16-3-2-12-26-16/h2-9,12,18H,10-11H2,1H3. The fourth-order valence-corrected chi connectivity index (χ4v) is 4.74. The van der Waals surface area contributed by atoms with Gasteiger partial charge in [-0.05, 0) is 41.8 Å². The topological polar surface area (TPSA) is 115 Å². The molecule has 0 atom stereocenters. The third-order valence-electron chi connectivity index (χ3n) is 3.82. The summed E-state index contributed by atoms with van der Waals surface area (Å²) < 4.78 is 51.2. The van der Waals surface area contributed by atoms with E-state index in [0.29, 0.717) is 5.69 Å². The van der Waals surface area contributed by atoms with E-state index < -0.39 is 19.9 Å². The maximum Gasteiger partial charge on any atom is 0.266 e. The first-order valence-corrected chi connectivity index (χ1v) is 12.3. The van der Waals surface area contributed by atoms with Crippen molar-refractivity contribution in [1.29, 1.82) is 0 Å². The number of aromatic nitrogens is 2. The maximum absolute atomic E-state index is 12.4. The van der Waals surface area contributed by atoms with Crippen LogP contribution in [0.5, 0.6) is 0 Å². The lowest BCUT2D eigenvalue weighted by molar-refractivity contribution is 0.548. The van der Waals surface area contributed by atoms with Gasteiger partial charge in [0.2, 0.25) is 10.0 Å². The first-order chi connectivity index (χ1) is 13.2. The lowest BCUT2D eigenvalue weighted by Gasteiger charge is -2.09. The number of benzene rings is 1. The molecule has 0 fully saturated rings. The second kappa shape index (κ2) is 7.95. The van der Waals surface area contributed by atoms with Gasteiger partial charge in [0, 0.05) is 18.9 Å². The van der Waals surface area contributed by atoms with E-state index >= 15 is 0 Å². The van der Waals surface area contributed by atoms with E-state index in [4.69, 9.17) is 0 Å². The second-order valence-electron chi connectivity index (χ2n) is 5.90. The summed E-state index contributed by atoms with van der Waals surface area (Å²) in [5, 5.41) is 6.16. The summed E-state index contributed by atoms with van der Waals surface area (Å²) >= 11 is 1.49. The molecule has 1 N–H and O–H groups in total. The number of nitrogens with one attached hydrogen (secondary N) is 1. The van der Waals surface area contributed by atoms with Crippen molar-refractivity contribution in [2.24, 2.45) is 0 Å². The smallest absolute Gasteiger partial charge is 0.266 e. The van der Waals surface area contributed by atoms with Crippen LogP contribution in [0.15, 0.2) is 68.5 Å². The highest BCUT2D eigenvalue weighted by Gasteiger charge is 2.15. The zero-order valence-corrected chi connectivity index (χ0v) is 17.2. The van der Waals surface area contributed by atoms with Gasteiger partial charge >= 0.3 is 0 Å². The van der Waals surface area contributed by atoms with Crippen molar-refractivity contribution in [3.05, 3.63) is 64.3 Å². The predicted molar refractivity (Wildman–Crippen MR) is 107 cm³/mol. The van der Waals surface area contributed by atoms with Crippen LogP contribution in [0.25, 0.3) is 10.6 Å². The molecule has 0 unspecified atom stereocenters. The number of hydrogen-bond donors (Lipinski definition) is 1. The number of sulfonamides is 1. The second-order valence-corrected chi connectivity index (χ2v) is 10.6. The van der Waals surface area contributed by atoms with Gasteiger partial charge in [-0.2, -0.15) is 5.10 Å². The van der Waals surface area contributed by atoms with Crippen molar-refractivity contribution in [2.75, 3.05) is 12.8 Å². The van der Waals surface area contributed by atoms with Crippen molar-refractivity contribution in [1.82, 2.24) is 14.5 Å². The highest BCUT2D eigenvalue weighted by molar-refractivity contribution is 7.90. The molecule has 0 aliphatic carbocycles. The largest absolute Gasteiger partial charge is 0.268 e. The summed E-state index contributed by atoms with van der Waals surface area (Å²) in [6.07, 6.45) is 1.05. The van der Waals surface area contributed by atoms with Crippen molar-refractivity contribution in [3.8, 4) is 10.6 Å². The first kappa shape index (κ1) is 20.4. The molecule has 8 nitrogen and oxygen atoms in total. The van der Waals surface area contributed by atoms with E-state index in [1.54, 1.807) is 6.07 Å². The molecule has 1 aromatic carbocycles. The summed E-state index contributed by atoms with van der Waals surface area (Å²) in [6.45, 7) is 0.00959. The monoisotopic (exact) mass is 439 g/mol. The Bertz CT molecular complexity index is 1230. The third-order valence-corrected chi connectivity index (χ3v) is 7.32. The van der Waals surface area contributed by atoms with E-state index in [2.05, 4.69) is 9.82 Å². The number of nitrogens with zero attached hydrogens (tertiary/aromatic N) is 2. The minimum atomic E-state index is -3.84. The van der Waals surface area contributed by atoms with Crippen LogP contribution in [-0.2, 0) is 26.4 Å². The molecule has 2 heterocycles. The van der Waals surface area contributed by atoms with Crippen LogP contribution in [0.1, 0.15) is 0 Å². The van der Waals surface area contributed by atoms with Crippen LogP contribution in [0.4, 0.5) is 0 Å². The molecule has 0 bridgehead atoms. The molecule has 0 amide bonds. The highest BCUT2D eigenvalue weighted by atomic mass is 32.2. The van der Waals surface area contributed by atoms with Crippen LogP contribution < -0.4 is 10.3 Å². The van der Waals surface area contributed by atoms with Crippen molar-refractivity contribution < 1.29 is 16.8 Å². The summed E-state index contributed by atoms with van der Waals surface area (Å²) in [7, 11) is -7.25. The van der Waals surface area contributed by atoms with Crippen LogP contribution in [0.3, 0.4) is 0 Å². The van der Waals surface area contributed by atoms with Gasteiger partial charge in [-0.25, -0.2) is 26.2 Å². The van der Waals surface area contributed by atoms with Gasteiger partial charge in [-0.3, -0.25) is 4.79 Å². The Morgan fingerprint density at radius 2 is 1.68 bits per heavy atom. The van der Waals surface area contributed by atoms with Gasteiger partial charge in [-0.1, -0.05) is 6.07 Å². The SMILES string of the molecule is CS(=O)(=O)c1ccc(S(=O)(=O)NCCn2nc(-c3cccs3)ccc2=O)cc1. The molecule has 0 spiro atoms. The van der Waals surface area contributed by atoms with E-state index in [9.17, 15) is 21.6 Å². The van der Waals surface area contributed by atoms with Crippen molar-refractivity contribution >= 4 is 31.2 Å². The molecule has 2 aromatic heterocycles. The molecule has 3 rings (SSSR count). The normalized spacial score (nSPS) is 12.2. The summed E-state index contributed by atoms with van der Waals surface area (Å²) in [5.74, 6) is 0. The Hall–Kier alpha value is -2.34. The Morgan fingerprint density at radius 1 is 1.00 bits per heavy atom. The zero-order valence-electron chi connectivity index (χ0n) is 14.8. The van der Waals surface area contributed by atoms with E-state index in [1.807, 2.05) is 17.5 Å². The number of sulfone groups is 1. The molecule has 0 aliphatic heterocycles. The maximum atomic E-state index is 12.4. The van der Waals surface area contributed by atoms with Gasteiger partial charge in [0.1, 0.15) is 5.69 Å². The van der Waals surface area contributed by atoms with Crippen LogP contribution in [0, 0.1) is 0 Å². The van der Waals surface area contributed by atoms with E-state index in [-0.39, 0.29) is 28.4 Å². The molecule has 0 aliphatic rings. The lowest BCUT2D eigenvalue weighted by Crippen LogP contribution is -2.32. The van der Waals surface area contributed by atoms with E-state index in [0.717, 1.165) is 11.1 Å². The molecule has 148 valence electrons. The number of hydrogen-bond acceptors (Lipinski definition) is 7. The molecule has 0 saturated heterocycles. The zero-order chi connectivity index (χ0) is 20.4. The lowest BCUT2D eigenvalue weighted by atomic mass is 10.3. The molecular weight excluding hydrogens is 422 g/mol. The summed E-state index contributed by atoms with van der Waals surface area (Å²) in [5.41, 5.74) is 0.297. The molecule has 3 aromatic rings. The molecular formula is C17H17N3O5S3. The minimum absolute atomic E-state index is 0.0348. The van der Waals surface area contributed by atoms with Crippen LogP contribution in [-0.4, -0.2) is 39.4 Å². The Labute approximate surface area is 166 Å². The third kappa shape index (κ3) is 4.73. The molecule has 28 heavy (non-hydrogen) atoms. The predicted octanol–water partition coefficient (Wildman–Crippen LogP) is 1.35. The van der Waals surface area contributed by atoms with Crippen molar-refractivity contribution in [3.63, 3.8) is 0 Å². The fourth-order valence-electron chi connectivity index (χ4n) is 2.40. The van der Waals surface area contributed by atoms with Gasteiger partial charge < -0.3 is 0 Å². The first-order valence-electron chi connectivity index (χ1n) is 8.09. The highest BCUT2D eigenvalue weighted by Crippen LogP contribution is 2.21. The average Bonchev–Trinajstić information content (AvgIpc) is 3.17. The fraction of sp³-hybridized carbons (Fsp3) is 0.176. The number of rotatable bonds is 7.